The number of hydrogen-bond acceptors (Lipinski definition) is 4. The molecule has 0 radical (unpaired) electrons. The van der Waals surface area contributed by atoms with E-state index in [0.717, 1.165) is 22.5 Å². The van der Waals surface area contributed by atoms with E-state index < -0.39 is 0 Å². The molecule has 0 aliphatic rings. The molecule has 2 heterocycles. The molecule has 0 bridgehead atoms. The van der Waals surface area contributed by atoms with Crippen LogP contribution in [0.1, 0.15) is 0 Å². The van der Waals surface area contributed by atoms with Crippen LogP contribution in [0.25, 0.3) is 16.8 Å². The minimum absolute atomic E-state index is 0.265. The smallest absolute Gasteiger partial charge is 0.240 e. The quantitative estimate of drug-likeness (QED) is 0.616. The maximum Gasteiger partial charge on any atom is 0.240 e. The Morgan fingerprint density at radius 1 is 1.06 bits per heavy atom. The Balaban J connectivity index is 2.30. The van der Waals surface area contributed by atoms with Crippen LogP contribution in [-0.4, -0.2) is 14.6 Å². The second-order valence-electron chi connectivity index (χ2n) is 3.79. The maximum absolute atomic E-state index is 5.78. The van der Waals surface area contributed by atoms with Gasteiger partial charge in [0, 0.05) is 17.4 Å². The Bertz CT molecular complexity index is 686. The van der Waals surface area contributed by atoms with Crippen LogP contribution in [0.4, 0.5) is 11.6 Å². The normalized spacial score (nSPS) is 10.8. The predicted octanol–water partition coefficient (Wildman–Crippen LogP) is 1.56. The highest BCUT2D eigenvalue weighted by Crippen LogP contribution is 2.25. The molecule has 0 saturated heterocycles. The molecule has 0 unspecified atom stereocenters. The number of rotatable bonds is 1. The maximum atomic E-state index is 5.78. The number of hydrogen-bond donors (Lipinski definition) is 2. The molecular formula is C12H11N5. The molecule has 0 aliphatic carbocycles. The zero-order valence-corrected chi connectivity index (χ0v) is 9.04. The van der Waals surface area contributed by atoms with Crippen molar-refractivity contribution in [1.29, 1.82) is 0 Å². The third-order valence-electron chi connectivity index (χ3n) is 2.58. The van der Waals surface area contributed by atoms with Gasteiger partial charge in [0.2, 0.25) is 5.95 Å². The fourth-order valence-electron chi connectivity index (χ4n) is 1.85. The topological polar surface area (TPSA) is 82.2 Å². The van der Waals surface area contributed by atoms with Gasteiger partial charge in [-0.05, 0) is 29.8 Å². The minimum atomic E-state index is 0.265. The van der Waals surface area contributed by atoms with Gasteiger partial charge in [0.05, 0.1) is 0 Å². The first kappa shape index (κ1) is 9.65. The van der Waals surface area contributed by atoms with Crippen molar-refractivity contribution in [3.63, 3.8) is 0 Å². The van der Waals surface area contributed by atoms with Gasteiger partial charge in [0.1, 0.15) is 0 Å². The molecule has 0 spiro atoms. The molecule has 0 atom stereocenters. The lowest BCUT2D eigenvalue weighted by Crippen LogP contribution is -1.91. The molecule has 3 aromatic rings. The number of nitrogens with zero attached hydrogens (tertiary/aromatic N) is 3. The highest BCUT2D eigenvalue weighted by atomic mass is 15.3. The molecule has 3 rings (SSSR count). The van der Waals surface area contributed by atoms with Gasteiger partial charge >= 0.3 is 0 Å². The summed E-state index contributed by atoms with van der Waals surface area (Å²) < 4.78 is 1.66. The summed E-state index contributed by atoms with van der Waals surface area (Å²) in [5.74, 6) is 0.265. The molecule has 17 heavy (non-hydrogen) atoms. The van der Waals surface area contributed by atoms with E-state index in [4.69, 9.17) is 11.5 Å². The number of anilines is 2. The predicted molar refractivity (Wildman–Crippen MR) is 67.2 cm³/mol. The molecule has 0 aliphatic heterocycles. The van der Waals surface area contributed by atoms with Crippen molar-refractivity contribution in [2.45, 2.75) is 0 Å². The van der Waals surface area contributed by atoms with Gasteiger partial charge in [-0.2, -0.15) is 4.98 Å². The van der Waals surface area contributed by atoms with Crippen LogP contribution in [-0.2, 0) is 0 Å². The highest BCUT2D eigenvalue weighted by molar-refractivity contribution is 5.79. The number of benzene rings is 1. The number of aromatic nitrogens is 3. The number of pyridine rings is 1. The van der Waals surface area contributed by atoms with Crippen molar-refractivity contribution in [3.8, 4) is 11.1 Å². The third kappa shape index (κ3) is 1.57. The Morgan fingerprint density at radius 3 is 2.76 bits per heavy atom. The summed E-state index contributed by atoms with van der Waals surface area (Å²) in [5.41, 5.74) is 14.8. The second-order valence-corrected chi connectivity index (χ2v) is 3.79. The molecule has 2 aromatic heterocycles. The SMILES string of the molecule is Nc1cccc(-c2cccn3nc(N)nc23)c1. The Kier molecular flexibility index (Phi) is 1.98. The van der Waals surface area contributed by atoms with Gasteiger partial charge in [-0.1, -0.05) is 12.1 Å². The summed E-state index contributed by atoms with van der Waals surface area (Å²) >= 11 is 0. The van der Waals surface area contributed by atoms with Crippen LogP contribution in [0, 0.1) is 0 Å². The second kappa shape index (κ2) is 3.48. The summed E-state index contributed by atoms with van der Waals surface area (Å²) in [4.78, 5) is 4.21. The lowest BCUT2D eigenvalue weighted by Gasteiger charge is -2.03. The van der Waals surface area contributed by atoms with E-state index in [2.05, 4.69) is 10.1 Å². The van der Waals surface area contributed by atoms with Crippen molar-refractivity contribution in [2.24, 2.45) is 0 Å². The van der Waals surface area contributed by atoms with Crippen molar-refractivity contribution >= 4 is 17.3 Å². The summed E-state index contributed by atoms with van der Waals surface area (Å²) in [5, 5.41) is 4.07. The molecule has 5 heteroatoms. The van der Waals surface area contributed by atoms with E-state index in [-0.39, 0.29) is 5.95 Å². The number of fused-ring (bicyclic) bond motifs is 1. The van der Waals surface area contributed by atoms with Gasteiger partial charge < -0.3 is 11.5 Å². The molecule has 84 valence electrons. The lowest BCUT2D eigenvalue weighted by molar-refractivity contribution is 0.969. The molecule has 5 nitrogen and oxygen atoms in total. The first-order chi connectivity index (χ1) is 8.24. The molecule has 4 N–H and O–H groups in total. The fourth-order valence-corrected chi connectivity index (χ4v) is 1.85. The van der Waals surface area contributed by atoms with Crippen molar-refractivity contribution in [2.75, 3.05) is 11.5 Å². The summed E-state index contributed by atoms with van der Waals surface area (Å²) in [7, 11) is 0. The van der Waals surface area contributed by atoms with E-state index in [1.54, 1.807) is 4.52 Å². The van der Waals surface area contributed by atoms with Crippen LogP contribution in [0.3, 0.4) is 0 Å². The van der Waals surface area contributed by atoms with Crippen LogP contribution < -0.4 is 11.5 Å². The average molecular weight is 225 g/mol. The van der Waals surface area contributed by atoms with E-state index in [0.29, 0.717) is 0 Å². The Morgan fingerprint density at radius 2 is 1.94 bits per heavy atom. The monoisotopic (exact) mass is 225 g/mol. The standard InChI is InChI=1S/C12H11N5/c13-9-4-1-3-8(7-9)10-5-2-6-17-11(10)15-12(14)16-17/h1-7H,13H2,(H2,14,16). The number of nitrogen functional groups attached to an aromatic ring is 2. The van der Waals surface area contributed by atoms with Gasteiger partial charge in [-0.15, -0.1) is 5.10 Å². The van der Waals surface area contributed by atoms with Crippen LogP contribution in [0.2, 0.25) is 0 Å². The van der Waals surface area contributed by atoms with Crippen molar-refractivity contribution < 1.29 is 0 Å². The van der Waals surface area contributed by atoms with Gasteiger partial charge in [0.15, 0.2) is 5.65 Å². The van der Waals surface area contributed by atoms with E-state index in [9.17, 15) is 0 Å². The molecular weight excluding hydrogens is 214 g/mol. The first-order valence-electron chi connectivity index (χ1n) is 5.21. The minimum Gasteiger partial charge on any atom is -0.399 e. The molecule has 0 fully saturated rings. The van der Waals surface area contributed by atoms with Crippen LogP contribution >= 0.6 is 0 Å². The first-order valence-corrected chi connectivity index (χ1v) is 5.21. The average Bonchev–Trinajstić information content (AvgIpc) is 2.68. The lowest BCUT2D eigenvalue weighted by atomic mass is 10.1. The van der Waals surface area contributed by atoms with E-state index in [1.165, 1.54) is 0 Å². The summed E-state index contributed by atoms with van der Waals surface area (Å²) in [6.07, 6.45) is 1.81. The fraction of sp³-hybridized carbons (Fsp3) is 0. The zero-order valence-electron chi connectivity index (χ0n) is 9.04. The van der Waals surface area contributed by atoms with Gasteiger partial charge in [0.25, 0.3) is 0 Å². The van der Waals surface area contributed by atoms with Crippen molar-refractivity contribution in [3.05, 3.63) is 42.6 Å². The van der Waals surface area contributed by atoms with Crippen molar-refractivity contribution in [1.82, 2.24) is 14.6 Å². The largest absolute Gasteiger partial charge is 0.399 e. The third-order valence-corrected chi connectivity index (χ3v) is 2.58. The summed E-state index contributed by atoms with van der Waals surface area (Å²) in [6, 6.07) is 11.5. The van der Waals surface area contributed by atoms with Gasteiger partial charge in [-0.3, -0.25) is 0 Å². The van der Waals surface area contributed by atoms with E-state index in [1.807, 2.05) is 42.6 Å². The highest BCUT2D eigenvalue weighted by Gasteiger charge is 2.07. The zero-order chi connectivity index (χ0) is 11.8. The Hall–Kier alpha value is -2.56. The van der Waals surface area contributed by atoms with E-state index >= 15 is 0 Å². The Labute approximate surface area is 97.7 Å². The van der Waals surface area contributed by atoms with Crippen LogP contribution in [0.5, 0.6) is 0 Å². The number of nitrogens with two attached hydrogens (primary N) is 2. The molecule has 0 saturated carbocycles. The molecule has 0 amide bonds. The molecule has 1 aromatic carbocycles. The van der Waals surface area contributed by atoms with Crippen LogP contribution in [0.15, 0.2) is 42.6 Å². The van der Waals surface area contributed by atoms with Gasteiger partial charge in [-0.25, -0.2) is 4.52 Å². The summed E-state index contributed by atoms with van der Waals surface area (Å²) in [6.45, 7) is 0.